The molecule has 2 aromatic heterocycles. The van der Waals surface area contributed by atoms with Gasteiger partial charge >= 0.3 is 0 Å². The summed E-state index contributed by atoms with van der Waals surface area (Å²) < 4.78 is 5.26. The van der Waals surface area contributed by atoms with E-state index in [1.165, 1.54) is 24.2 Å². The zero-order valence-electron chi connectivity index (χ0n) is 12.5. The maximum absolute atomic E-state index is 12.4. The highest BCUT2D eigenvalue weighted by molar-refractivity contribution is 7.13. The first-order chi connectivity index (χ1) is 11.2. The summed E-state index contributed by atoms with van der Waals surface area (Å²) in [7, 11) is 0. The predicted molar refractivity (Wildman–Crippen MR) is 85.0 cm³/mol. The molecule has 6 nitrogen and oxygen atoms in total. The average Bonchev–Trinajstić information content (AvgIpc) is 2.93. The van der Waals surface area contributed by atoms with E-state index < -0.39 is 0 Å². The van der Waals surface area contributed by atoms with Crippen molar-refractivity contribution < 1.29 is 14.0 Å². The fraction of sp³-hybridized carbons (Fsp3) is 0.438. The number of aromatic nitrogens is 1. The molecule has 2 fully saturated rings. The molecule has 7 heteroatoms. The van der Waals surface area contributed by atoms with Crippen LogP contribution in [0.5, 0.6) is 0 Å². The summed E-state index contributed by atoms with van der Waals surface area (Å²) in [6, 6.07) is 3.62. The molecule has 2 aromatic rings. The van der Waals surface area contributed by atoms with E-state index in [2.05, 4.69) is 10.3 Å². The average molecular weight is 331 g/mol. The van der Waals surface area contributed by atoms with Crippen molar-refractivity contribution in [2.45, 2.75) is 31.7 Å². The first-order valence-corrected chi connectivity index (χ1v) is 8.63. The molecule has 4 rings (SSSR count). The molecule has 120 valence electrons. The molecule has 1 saturated heterocycles. The van der Waals surface area contributed by atoms with Crippen LogP contribution in [0.1, 0.15) is 36.6 Å². The van der Waals surface area contributed by atoms with Crippen LogP contribution in [-0.4, -0.2) is 28.2 Å². The van der Waals surface area contributed by atoms with Gasteiger partial charge in [-0.3, -0.25) is 9.59 Å². The van der Waals surface area contributed by atoms with Crippen LogP contribution >= 0.6 is 11.3 Å². The van der Waals surface area contributed by atoms with Crippen LogP contribution in [0.2, 0.25) is 0 Å². The van der Waals surface area contributed by atoms with Gasteiger partial charge in [-0.1, -0.05) is 0 Å². The van der Waals surface area contributed by atoms with E-state index in [0.717, 1.165) is 11.5 Å². The topological polar surface area (TPSA) is 75.4 Å². The lowest BCUT2D eigenvalue weighted by Gasteiger charge is -2.14. The van der Waals surface area contributed by atoms with Crippen LogP contribution < -0.4 is 5.32 Å². The standard InChI is InChI=1S/C16H17N3O3S/c20-14-6-11(7-19(14)8-12-2-1-5-22-12)15(21)18-16-17-13(9-23-16)10-3-4-10/h1-2,5,9-11H,3-4,6-8H2,(H,17,18,21)/t11-/m1/s1. The Morgan fingerprint density at radius 2 is 2.35 bits per heavy atom. The van der Waals surface area contributed by atoms with Gasteiger partial charge < -0.3 is 14.6 Å². The van der Waals surface area contributed by atoms with E-state index in [-0.39, 0.29) is 24.2 Å². The van der Waals surface area contributed by atoms with Gasteiger partial charge in [-0.2, -0.15) is 0 Å². The smallest absolute Gasteiger partial charge is 0.231 e. The summed E-state index contributed by atoms with van der Waals surface area (Å²) in [6.45, 7) is 0.838. The van der Waals surface area contributed by atoms with E-state index in [9.17, 15) is 9.59 Å². The normalized spacial score (nSPS) is 21.0. The lowest BCUT2D eigenvalue weighted by molar-refractivity contribution is -0.128. The maximum atomic E-state index is 12.4. The second-order valence-electron chi connectivity index (χ2n) is 6.10. The molecule has 0 radical (unpaired) electrons. The summed E-state index contributed by atoms with van der Waals surface area (Å²) >= 11 is 1.45. The minimum atomic E-state index is -0.328. The molecule has 0 unspecified atom stereocenters. The SMILES string of the molecule is O=C(Nc1nc(C2CC2)cs1)[C@@H]1CC(=O)N(Cc2ccco2)C1. The van der Waals surface area contributed by atoms with E-state index in [0.29, 0.717) is 24.1 Å². The van der Waals surface area contributed by atoms with E-state index in [1.54, 1.807) is 17.2 Å². The molecular weight excluding hydrogens is 314 g/mol. The van der Waals surface area contributed by atoms with Gasteiger partial charge in [0, 0.05) is 24.3 Å². The first-order valence-electron chi connectivity index (χ1n) is 7.75. The highest BCUT2D eigenvalue weighted by Gasteiger charge is 2.35. The van der Waals surface area contributed by atoms with Gasteiger partial charge in [-0.25, -0.2) is 4.98 Å². The summed E-state index contributed by atoms with van der Waals surface area (Å²) in [5, 5.41) is 5.50. The number of anilines is 1. The Hall–Kier alpha value is -2.15. The van der Waals surface area contributed by atoms with Crippen LogP contribution in [-0.2, 0) is 16.1 Å². The summed E-state index contributed by atoms with van der Waals surface area (Å²) in [6.07, 6.45) is 4.21. The monoisotopic (exact) mass is 331 g/mol. The van der Waals surface area contributed by atoms with Gasteiger partial charge in [0.15, 0.2) is 5.13 Å². The van der Waals surface area contributed by atoms with Gasteiger partial charge in [-0.15, -0.1) is 11.3 Å². The molecule has 3 heterocycles. The van der Waals surface area contributed by atoms with Crippen LogP contribution in [0.4, 0.5) is 5.13 Å². The number of amides is 2. The van der Waals surface area contributed by atoms with Gasteiger partial charge in [0.2, 0.25) is 11.8 Å². The summed E-state index contributed by atoms with van der Waals surface area (Å²) in [5.74, 6) is 0.837. The Morgan fingerprint density at radius 3 is 3.09 bits per heavy atom. The lowest BCUT2D eigenvalue weighted by Crippen LogP contribution is -2.27. The largest absolute Gasteiger partial charge is 0.467 e. The van der Waals surface area contributed by atoms with Crippen LogP contribution in [0, 0.1) is 5.92 Å². The van der Waals surface area contributed by atoms with Crippen molar-refractivity contribution >= 4 is 28.3 Å². The van der Waals surface area contributed by atoms with Crippen molar-refractivity contribution in [3.63, 3.8) is 0 Å². The zero-order chi connectivity index (χ0) is 15.8. The van der Waals surface area contributed by atoms with Crippen molar-refractivity contribution in [2.75, 3.05) is 11.9 Å². The number of carbonyl (C=O) groups excluding carboxylic acids is 2. The van der Waals surface area contributed by atoms with Crippen molar-refractivity contribution in [1.82, 2.24) is 9.88 Å². The number of nitrogens with zero attached hydrogens (tertiary/aromatic N) is 2. The maximum Gasteiger partial charge on any atom is 0.231 e. The van der Waals surface area contributed by atoms with E-state index in [4.69, 9.17) is 4.42 Å². The zero-order valence-corrected chi connectivity index (χ0v) is 13.3. The van der Waals surface area contributed by atoms with Crippen LogP contribution in [0.3, 0.4) is 0 Å². The number of furan rings is 1. The van der Waals surface area contributed by atoms with Crippen molar-refractivity contribution in [1.29, 1.82) is 0 Å². The summed E-state index contributed by atoms with van der Waals surface area (Å²) in [4.78, 5) is 30.5. The second-order valence-corrected chi connectivity index (χ2v) is 6.95. The molecule has 1 saturated carbocycles. The number of thiazole rings is 1. The van der Waals surface area contributed by atoms with Crippen LogP contribution in [0.15, 0.2) is 28.2 Å². The van der Waals surface area contributed by atoms with Crippen molar-refractivity contribution in [3.8, 4) is 0 Å². The Morgan fingerprint density at radius 1 is 1.48 bits per heavy atom. The molecule has 0 bridgehead atoms. The van der Waals surface area contributed by atoms with Gasteiger partial charge in [-0.05, 0) is 25.0 Å². The van der Waals surface area contributed by atoms with E-state index >= 15 is 0 Å². The fourth-order valence-electron chi connectivity index (χ4n) is 2.81. The second kappa shape index (κ2) is 5.81. The highest BCUT2D eigenvalue weighted by Crippen LogP contribution is 2.41. The molecule has 2 aliphatic rings. The molecule has 0 aromatic carbocycles. The number of hydrogen-bond donors (Lipinski definition) is 1. The predicted octanol–water partition coefficient (Wildman–Crippen LogP) is 2.60. The number of likely N-dealkylation sites (tertiary alicyclic amines) is 1. The van der Waals surface area contributed by atoms with Crippen molar-refractivity contribution in [2.24, 2.45) is 5.92 Å². The molecule has 0 spiro atoms. The molecule has 1 aliphatic heterocycles. The molecule has 1 N–H and O–H groups in total. The minimum Gasteiger partial charge on any atom is -0.467 e. The van der Waals surface area contributed by atoms with Gasteiger partial charge in [0.05, 0.1) is 24.4 Å². The Balaban J connectivity index is 1.35. The molecule has 1 atom stereocenters. The number of hydrogen-bond acceptors (Lipinski definition) is 5. The molecule has 2 amide bonds. The third kappa shape index (κ3) is 3.14. The third-order valence-corrected chi connectivity index (χ3v) is 5.04. The van der Waals surface area contributed by atoms with E-state index in [1.807, 2.05) is 11.4 Å². The summed E-state index contributed by atoms with van der Waals surface area (Å²) in [5.41, 5.74) is 1.08. The van der Waals surface area contributed by atoms with Crippen LogP contribution in [0.25, 0.3) is 0 Å². The minimum absolute atomic E-state index is 0.0145. The number of carbonyl (C=O) groups is 2. The van der Waals surface area contributed by atoms with Gasteiger partial charge in [0.25, 0.3) is 0 Å². The fourth-order valence-corrected chi connectivity index (χ4v) is 3.60. The quantitative estimate of drug-likeness (QED) is 0.914. The molecule has 1 aliphatic carbocycles. The lowest BCUT2D eigenvalue weighted by atomic mass is 10.1. The first kappa shape index (κ1) is 14.4. The van der Waals surface area contributed by atoms with Gasteiger partial charge in [0.1, 0.15) is 5.76 Å². The highest BCUT2D eigenvalue weighted by atomic mass is 32.1. The van der Waals surface area contributed by atoms with Crippen molar-refractivity contribution in [3.05, 3.63) is 35.2 Å². The Bertz CT molecular complexity index is 721. The number of nitrogens with one attached hydrogen (secondary N) is 1. The third-order valence-electron chi connectivity index (χ3n) is 4.26. The molecular formula is C16H17N3O3S. The Kier molecular flexibility index (Phi) is 3.65. The Labute approximate surface area is 137 Å². The molecule has 23 heavy (non-hydrogen) atoms. The number of rotatable bonds is 5.